The van der Waals surface area contributed by atoms with Crippen molar-refractivity contribution in [3.05, 3.63) is 104 Å². The summed E-state index contributed by atoms with van der Waals surface area (Å²) in [5.41, 5.74) is 10.3. The molecule has 14 N–H and O–H groups in total. The number of carbonyl (C=O) groups excluding carboxylic acids is 2. The monoisotopic (exact) mass is 938 g/mol. The van der Waals surface area contributed by atoms with Gasteiger partial charge in [0.05, 0.1) is 47.7 Å². The maximum atomic E-state index is 12.5. The standard InChI is InChI=1S/2C21H23N7O6/c2*1-21(2,19(33)34)7-13(18(31)32)26-16(29)10-3-5-11(6-4-10)23-8-12-9-24-15-14(25-12)17(30)28-20(22)27-15/h2*3-6,9,13,23H,7-8H2,1-2H3,(H,26,29)(H,31,32)(H,33,34)(H3,22,24,27,28,30)/t2*13-/m00/s1. The minimum absolute atomic E-state index is 0.0536. The lowest BCUT2D eigenvalue weighted by molar-refractivity contribution is -0.150. The Bertz CT molecular complexity index is 2810. The van der Waals surface area contributed by atoms with Gasteiger partial charge in [0, 0.05) is 22.5 Å². The molecule has 2 amide bonds. The molecule has 0 saturated heterocycles. The molecule has 0 aliphatic rings. The molecule has 26 heteroatoms. The lowest BCUT2D eigenvalue weighted by Crippen LogP contribution is -2.45. The molecule has 0 spiro atoms. The van der Waals surface area contributed by atoms with Crippen molar-refractivity contribution in [1.29, 1.82) is 0 Å². The van der Waals surface area contributed by atoms with Crippen LogP contribution >= 0.6 is 0 Å². The lowest BCUT2D eigenvalue weighted by Gasteiger charge is -2.24. The number of nitrogens with zero attached hydrogens (tertiary/aromatic N) is 6. The molecule has 0 radical (unpaired) electrons. The molecule has 26 nitrogen and oxygen atoms in total. The number of H-pyrrole nitrogens is 2. The van der Waals surface area contributed by atoms with Gasteiger partial charge in [0.2, 0.25) is 11.9 Å². The highest BCUT2D eigenvalue weighted by atomic mass is 16.4. The van der Waals surface area contributed by atoms with Crippen LogP contribution in [0.15, 0.2) is 70.5 Å². The molecule has 4 heterocycles. The zero-order valence-corrected chi connectivity index (χ0v) is 36.6. The average Bonchev–Trinajstić information content (AvgIpc) is 3.27. The van der Waals surface area contributed by atoms with Crippen LogP contribution in [0.25, 0.3) is 22.3 Å². The number of benzene rings is 2. The highest BCUT2D eigenvalue weighted by molar-refractivity contribution is 5.98. The Balaban J connectivity index is 0.000000254. The molecule has 2 aromatic carbocycles. The molecular weight excluding hydrogens is 893 g/mol. The number of hydrogen-bond acceptors (Lipinski definition) is 18. The first-order chi connectivity index (χ1) is 31.9. The Kier molecular flexibility index (Phi) is 15.3. The van der Waals surface area contributed by atoms with E-state index in [0.717, 1.165) is 0 Å². The summed E-state index contributed by atoms with van der Waals surface area (Å²) in [6.07, 6.45) is 2.35. The first-order valence-corrected chi connectivity index (χ1v) is 20.2. The van der Waals surface area contributed by atoms with Crippen LogP contribution in [-0.4, -0.2) is 108 Å². The number of nitrogens with two attached hydrogens (primary N) is 2. The fraction of sp³-hybridized carbons (Fsp3) is 0.286. The molecule has 68 heavy (non-hydrogen) atoms. The Hall–Kier alpha value is -9.10. The van der Waals surface area contributed by atoms with E-state index < -0.39 is 69.7 Å². The first kappa shape index (κ1) is 49.9. The van der Waals surface area contributed by atoms with Crippen molar-refractivity contribution >= 4 is 81.3 Å². The van der Waals surface area contributed by atoms with E-state index >= 15 is 0 Å². The summed E-state index contributed by atoms with van der Waals surface area (Å²) in [6, 6.07) is 9.65. The van der Waals surface area contributed by atoms with Gasteiger partial charge >= 0.3 is 23.9 Å². The summed E-state index contributed by atoms with van der Waals surface area (Å²) in [4.78, 5) is 124. The Morgan fingerprint density at radius 1 is 0.574 bits per heavy atom. The molecular formula is C42H46N14O12. The van der Waals surface area contributed by atoms with E-state index in [9.17, 15) is 58.8 Å². The Labute approximate surface area is 383 Å². The Morgan fingerprint density at radius 2 is 0.912 bits per heavy atom. The van der Waals surface area contributed by atoms with Gasteiger partial charge in [-0.15, -0.1) is 0 Å². The third-order valence-electron chi connectivity index (χ3n) is 10.0. The number of amides is 2. The van der Waals surface area contributed by atoms with Gasteiger partial charge in [-0.3, -0.25) is 38.7 Å². The number of aromatic nitrogens is 8. The number of carbonyl (C=O) groups is 6. The van der Waals surface area contributed by atoms with Crippen LogP contribution in [-0.2, 0) is 32.3 Å². The zero-order valence-electron chi connectivity index (χ0n) is 36.6. The average molecular weight is 939 g/mol. The number of hydrogen-bond donors (Lipinski definition) is 12. The van der Waals surface area contributed by atoms with Crippen LogP contribution in [0.2, 0.25) is 0 Å². The normalized spacial score (nSPS) is 12.2. The SMILES string of the molecule is CC(C)(C[C@H](NC(=O)c1ccc(NCc2cnc3nc(N)[nH]c(=O)c3n2)cc1)C(=O)O)C(=O)O.CC(C)(C[C@H](NC(=O)c1ccc(NCc2cnc3nc(N)[nH]c(=O)c3n2)cc1)C(=O)O)C(=O)O. The molecule has 356 valence electrons. The van der Waals surface area contributed by atoms with Crippen LogP contribution < -0.4 is 43.9 Å². The summed E-state index contributed by atoms with van der Waals surface area (Å²) in [7, 11) is 0. The first-order valence-electron chi connectivity index (χ1n) is 20.2. The van der Waals surface area contributed by atoms with Crippen molar-refractivity contribution in [1.82, 2.24) is 50.5 Å². The molecule has 4 aromatic heterocycles. The van der Waals surface area contributed by atoms with E-state index in [1.165, 1.54) is 64.4 Å². The second kappa shape index (κ2) is 20.8. The molecule has 6 rings (SSSR count). The van der Waals surface area contributed by atoms with Crippen molar-refractivity contribution in [2.75, 3.05) is 22.1 Å². The van der Waals surface area contributed by atoms with Gasteiger partial charge in [-0.25, -0.2) is 29.5 Å². The minimum atomic E-state index is -1.36. The van der Waals surface area contributed by atoms with Gasteiger partial charge in [-0.2, -0.15) is 9.97 Å². The third-order valence-corrected chi connectivity index (χ3v) is 10.0. The van der Waals surface area contributed by atoms with E-state index in [1.54, 1.807) is 24.3 Å². The van der Waals surface area contributed by atoms with E-state index in [0.29, 0.717) is 22.8 Å². The molecule has 0 aliphatic carbocycles. The quantitative estimate of drug-likeness (QED) is 0.0575. The third kappa shape index (κ3) is 13.0. The van der Waals surface area contributed by atoms with Gasteiger partial charge in [0.25, 0.3) is 22.9 Å². The zero-order chi connectivity index (χ0) is 50.1. The molecule has 0 saturated carbocycles. The van der Waals surface area contributed by atoms with Gasteiger partial charge in [-0.05, 0) is 89.1 Å². The molecule has 0 bridgehead atoms. The van der Waals surface area contributed by atoms with Crippen LogP contribution in [0, 0.1) is 10.8 Å². The molecule has 0 unspecified atom stereocenters. The highest BCUT2D eigenvalue weighted by Crippen LogP contribution is 2.24. The summed E-state index contributed by atoms with van der Waals surface area (Å²) in [6.45, 7) is 6.01. The van der Waals surface area contributed by atoms with Gasteiger partial charge in [0.1, 0.15) is 12.1 Å². The fourth-order valence-corrected chi connectivity index (χ4v) is 6.05. The molecule has 0 aliphatic heterocycles. The van der Waals surface area contributed by atoms with Gasteiger partial charge < -0.3 is 53.2 Å². The number of rotatable bonds is 18. The van der Waals surface area contributed by atoms with Gasteiger partial charge in [-0.1, -0.05) is 0 Å². The van der Waals surface area contributed by atoms with E-state index in [-0.39, 0.29) is 71.3 Å². The number of fused-ring (bicyclic) bond motifs is 2. The largest absolute Gasteiger partial charge is 0.481 e. The summed E-state index contributed by atoms with van der Waals surface area (Å²) < 4.78 is 0. The number of carboxylic acid groups (broad SMARTS) is 4. The van der Waals surface area contributed by atoms with E-state index in [4.69, 9.17) is 11.5 Å². The van der Waals surface area contributed by atoms with Crippen LogP contribution in [0.5, 0.6) is 0 Å². The maximum Gasteiger partial charge on any atom is 0.326 e. The van der Waals surface area contributed by atoms with E-state index in [1.807, 2.05) is 0 Å². The molecule has 2 atom stereocenters. The van der Waals surface area contributed by atoms with E-state index in [2.05, 4.69) is 61.1 Å². The number of aliphatic carboxylic acids is 4. The predicted molar refractivity (Wildman–Crippen MR) is 242 cm³/mol. The minimum Gasteiger partial charge on any atom is -0.481 e. The van der Waals surface area contributed by atoms with Crippen LogP contribution in [0.3, 0.4) is 0 Å². The number of nitrogen functional groups attached to an aromatic ring is 2. The van der Waals surface area contributed by atoms with Crippen molar-refractivity contribution in [3.8, 4) is 0 Å². The second-order valence-electron chi connectivity index (χ2n) is 16.3. The number of carboxylic acids is 4. The smallest absolute Gasteiger partial charge is 0.326 e. The fourth-order valence-electron chi connectivity index (χ4n) is 6.05. The molecule has 6 aromatic rings. The Morgan fingerprint density at radius 3 is 1.22 bits per heavy atom. The second-order valence-corrected chi connectivity index (χ2v) is 16.3. The van der Waals surface area contributed by atoms with Crippen LogP contribution in [0.1, 0.15) is 72.6 Å². The summed E-state index contributed by atoms with van der Waals surface area (Å²) in [5.74, 6) is -6.38. The van der Waals surface area contributed by atoms with Crippen molar-refractivity contribution < 1.29 is 49.2 Å². The highest BCUT2D eigenvalue weighted by Gasteiger charge is 2.36. The van der Waals surface area contributed by atoms with Crippen molar-refractivity contribution in [2.45, 2.75) is 65.7 Å². The topological polar surface area (TPSA) is 427 Å². The van der Waals surface area contributed by atoms with Gasteiger partial charge in [0.15, 0.2) is 22.3 Å². The summed E-state index contributed by atoms with van der Waals surface area (Å²) in [5, 5.41) is 48.0. The van der Waals surface area contributed by atoms with Crippen molar-refractivity contribution in [2.24, 2.45) is 10.8 Å². The lowest BCUT2D eigenvalue weighted by atomic mass is 9.85. The number of anilines is 4. The predicted octanol–water partition coefficient (Wildman–Crippen LogP) is 1.18. The maximum absolute atomic E-state index is 12.5. The number of aromatic amines is 2. The van der Waals surface area contributed by atoms with Crippen LogP contribution in [0.4, 0.5) is 23.3 Å². The number of nitrogens with one attached hydrogen (secondary N) is 6. The summed E-state index contributed by atoms with van der Waals surface area (Å²) >= 11 is 0. The molecule has 0 fully saturated rings. The van der Waals surface area contributed by atoms with Crippen molar-refractivity contribution in [3.63, 3.8) is 0 Å².